The number of phenols is 2. The number of carboxylic acid groups (broad SMARTS) is 1. The van der Waals surface area contributed by atoms with Crippen LogP contribution in [0.3, 0.4) is 0 Å². The number of carbonyl (C=O) groups excluding carboxylic acids is 3. The van der Waals surface area contributed by atoms with Gasteiger partial charge in [0.25, 0.3) is 0 Å². The molecule has 3 atom stereocenters. The number of guanidine groups is 1. The monoisotopic (exact) mass is 703 g/mol. The Hall–Kier alpha value is -4.57. The fourth-order valence-corrected chi connectivity index (χ4v) is 6.69. The van der Waals surface area contributed by atoms with Crippen LogP contribution >= 0.6 is 0 Å². The number of carboxylic acids is 1. The number of nitrogens with two attached hydrogens (primary N) is 2. The van der Waals surface area contributed by atoms with Crippen LogP contribution in [0.1, 0.15) is 69.9 Å². The van der Waals surface area contributed by atoms with Crippen LogP contribution in [0.5, 0.6) is 11.5 Å². The van der Waals surface area contributed by atoms with E-state index in [9.17, 15) is 34.5 Å². The first-order valence-corrected chi connectivity index (χ1v) is 17.0. The minimum atomic E-state index is -1.30. The molecular weight excluding hydrogens is 650 g/mol. The van der Waals surface area contributed by atoms with E-state index in [1.54, 1.807) is 12.1 Å². The molecule has 2 unspecified atom stereocenters. The number of benzene rings is 1. The Kier molecular flexibility index (Phi) is 13.9. The van der Waals surface area contributed by atoms with Gasteiger partial charge in [-0.1, -0.05) is 13.0 Å². The van der Waals surface area contributed by atoms with Crippen molar-refractivity contribution in [3.8, 4) is 11.5 Å². The number of hydrogen-bond donors (Lipinski definition) is 8. The van der Waals surface area contributed by atoms with E-state index in [0.717, 1.165) is 25.1 Å². The van der Waals surface area contributed by atoms with Crippen molar-refractivity contribution in [2.45, 2.75) is 82.8 Å². The molecule has 1 aromatic rings. The SMILES string of the molecule is CCCN=C(N)N.Cc1ccc(O)c(O)c1[C@]12CCN(CC3CC3)C(C)C1(O)CC=C(OC(=O)N(C)CCNC(=O)CNC(=O)CC(=O)O)C2. The van der Waals surface area contributed by atoms with Crippen molar-refractivity contribution in [2.24, 2.45) is 22.4 Å². The maximum Gasteiger partial charge on any atom is 0.414 e. The van der Waals surface area contributed by atoms with E-state index in [1.165, 1.54) is 30.9 Å². The van der Waals surface area contributed by atoms with Gasteiger partial charge < -0.3 is 52.2 Å². The normalized spacial score (nSPS) is 22.8. The number of aryl methyl sites for hydroxylation is 1. The number of phenolic OH excluding ortho intramolecular Hbond substituents is 2. The number of aromatic hydroxyl groups is 2. The number of nitrogens with one attached hydrogen (secondary N) is 2. The average molecular weight is 704 g/mol. The summed E-state index contributed by atoms with van der Waals surface area (Å²) in [4.78, 5) is 54.2. The second-order valence-corrected chi connectivity index (χ2v) is 13.3. The third-order valence-electron chi connectivity index (χ3n) is 9.62. The van der Waals surface area contributed by atoms with Crippen LogP contribution in [0, 0.1) is 12.8 Å². The van der Waals surface area contributed by atoms with Crippen molar-refractivity contribution in [2.75, 3.05) is 46.3 Å². The van der Waals surface area contributed by atoms with Crippen molar-refractivity contribution < 1.29 is 44.3 Å². The van der Waals surface area contributed by atoms with Gasteiger partial charge in [-0.15, -0.1) is 0 Å². The topological polar surface area (TPSA) is 253 Å². The van der Waals surface area contributed by atoms with Crippen molar-refractivity contribution in [1.82, 2.24) is 20.4 Å². The van der Waals surface area contributed by atoms with E-state index in [2.05, 4.69) is 20.5 Å². The molecule has 0 bridgehead atoms. The Morgan fingerprint density at radius 3 is 2.44 bits per heavy atom. The van der Waals surface area contributed by atoms with Gasteiger partial charge in [-0.3, -0.25) is 24.3 Å². The lowest BCUT2D eigenvalue weighted by atomic mass is 9.54. The van der Waals surface area contributed by atoms with E-state index in [0.29, 0.717) is 30.2 Å². The summed E-state index contributed by atoms with van der Waals surface area (Å²) in [6.07, 6.45) is 4.47. The Morgan fingerprint density at radius 2 is 1.84 bits per heavy atom. The van der Waals surface area contributed by atoms with Crippen LogP contribution in [0.25, 0.3) is 0 Å². The number of amides is 3. The number of fused-ring (bicyclic) bond motifs is 1. The number of aliphatic carboxylic acids is 1. The van der Waals surface area contributed by atoms with Crippen LogP contribution in [-0.2, 0) is 24.5 Å². The highest BCUT2D eigenvalue weighted by atomic mass is 16.6. The molecule has 2 aliphatic carbocycles. The minimum absolute atomic E-state index is 0.0622. The summed E-state index contributed by atoms with van der Waals surface area (Å²) >= 11 is 0. The standard InChI is InChI=1S/C30H42N4O9.C4H11N3/c1-18-4-7-22(35)27(40)26(18)29-10-12-34(17-20-5-6-20)19(2)30(29,42)9-8-21(15-29)43-28(41)33(3)13-11-31-24(37)16-32-23(36)14-25(38)39;1-2-3-7-4(5)6/h4,7-8,19-20,35,40,42H,5-6,9-17H2,1-3H3,(H,31,37)(H,32,36)(H,38,39);2-3H2,1H3,(H4,5,6,7)/t19?,29-,30?;/m1./s1. The summed E-state index contributed by atoms with van der Waals surface area (Å²) in [7, 11) is 1.50. The quantitative estimate of drug-likeness (QED) is 0.0620. The number of ether oxygens (including phenoxy) is 1. The number of nitrogens with zero attached hydrogens (tertiary/aromatic N) is 3. The van der Waals surface area contributed by atoms with E-state index in [-0.39, 0.29) is 49.4 Å². The second-order valence-electron chi connectivity index (χ2n) is 13.3. The van der Waals surface area contributed by atoms with Gasteiger partial charge >= 0.3 is 12.1 Å². The highest BCUT2D eigenvalue weighted by Gasteiger charge is 2.61. The molecule has 3 aliphatic rings. The van der Waals surface area contributed by atoms with Crippen molar-refractivity contribution in [3.63, 3.8) is 0 Å². The van der Waals surface area contributed by atoms with Gasteiger partial charge in [-0.25, -0.2) is 4.79 Å². The Morgan fingerprint density at radius 1 is 1.14 bits per heavy atom. The molecular formula is C34H53N7O9. The molecule has 1 saturated heterocycles. The number of carbonyl (C=O) groups is 4. The fraction of sp³-hybridized carbons (Fsp3) is 0.618. The van der Waals surface area contributed by atoms with E-state index >= 15 is 0 Å². The predicted octanol–water partition coefficient (Wildman–Crippen LogP) is 1.00. The Bertz CT molecular complexity index is 1460. The van der Waals surface area contributed by atoms with Crippen LogP contribution in [0.4, 0.5) is 4.79 Å². The molecule has 0 spiro atoms. The maximum atomic E-state index is 13.0. The van der Waals surface area contributed by atoms with Gasteiger partial charge in [-0.05, 0) is 69.7 Å². The summed E-state index contributed by atoms with van der Waals surface area (Å²) in [5.74, 6) is -2.03. The minimum Gasteiger partial charge on any atom is -0.504 e. The lowest BCUT2D eigenvalue weighted by molar-refractivity contribution is -0.141. The predicted molar refractivity (Wildman–Crippen MR) is 185 cm³/mol. The van der Waals surface area contributed by atoms with Crippen LogP contribution in [0.2, 0.25) is 0 Å². The molecule has 50 heavy (non-hydrogen) atoms. The highest BCUT2D eigenvalue weighted by Crippen LogP contribution is 2.58. The van der Waals surface area contributed by atoms with Crippen molar-refractivity contribution in [3.05, 3.63) is 35.1 Å². The highest BCUT2D eigenvalue weighted by molar-refractivity contribution is 5.95. The largest absolute Gasteiger partial charge is 0.504 e. The van der Waals surface area contributed by atoms with Gasteiger partial charge in [0.1, 0.15) is 12.2 Å². The van der Waals surface area contributed by atoms with Crippen LogP contribution < -0.4 is 22.1 Å². The number of aliphatic hydroxyl groups is 1. The van der Waals surface area contributed by atoms with Gasteiger partial charge in [0.2, 0.25) is 11.8 Å². The number of rotatable bonds is 13. The third-order valence-corrected chi connectivity index (χ3v) is 9.62. The van der Waals surface area contributed by atoms with E-state index in [4.69, 9.17) is 21.3 Å². The lowest BCUT2D eigenvalue weighted by Crippen LogP contribution is -2.69. The van der Waals surface area contributed by atoms with Gasteiger partial charge in [0.05, 0.1) is 12.1 Å². The first-order chi connectivity index (χ1) is 23.5. The van der Waals surface area contributed by atoms with E-state index in [1.807, 2.05) is 20.8 Å². The molecule has 1 heterocycles. The molecule has 4 rings (SSSR count). The first kappa shape index (κ1) is 39.9. The second kappa shape index (κ2) is 17.4. The van der Waals surface area contributed by atoms with Crippen LogP contribution in [0.15, 0.2) is 29.0 Å². The molecule has 16 nitrogen and oxygen atoms in total. The summed E-state index contributed by atoms with van der Waals surface area (Å²) < 4.78 is 5.77. The molecule has 0 aromatic heterocycles. The summed E-state index contributed by atoms with van der Waals surface area (Å²) in [6, 6.07) is 2.88. The number of aliphatic imine (C=N–C) groups is 1. The summed E-state index contributed by atoms with van der Waals surface area (Å²) in [5.41, 5.74) is 8.86. The zero-order chi connectivity index (χ0) is 37.2. The van der Waals surface area contributed by atoms with Crippen LogP contribution in [-0.4, -0.2) is 118 Å². The molecule has 1 aliphatic heterocycles. The molecule has 278 valence electrons. The third kappa shape index (κ3) is 10.00. The molecule has 0 radical (unpaired) electrons. The summed E-state index contributed by atoms with van der Waals surface area (Å²) in [6.45, 7) is 7.91. The lowest BCUT2D eigenvalue weighted by Gasteiger charge is -2.59. The van der Waals surface area contributed by atoms with Crippen molar-refractivity contribution >= 4 is 29.8 Å². The maximum absolute atomic E-state index is 13.0. The first-order valence-electron chi connectivity index (χ1n) is 17.0. The molecule has 1 aromatic carbocycles. The number of likely N-dealkylation sites (N-methyl/N-ethyl adjacent to an activating group) is 1. The zero-order valence-corrected chi connectivity index (χ0v) is 29.4. The number of allylic oxidation sites excluding steroid dienone is 1. The van der Waals surface area contributed by atoms with Gasteiger partial charge in [-0.2, -0.15) is 0 Å². The van der Waals surface area contributed by atoms with E-state index < -0.39 is 47.9 Å². The Balaban J connectivity index is 0.000000872. The number of piperidine rings is 1. The number of likely N-dealkylation sites (tertiary alicyclic amines) is 1. The number of hydrogen-bond acceptors (Lipinski definition) is 10. The smallest absolute Gasteiger partial charge is 0.414 e. The molecule has 16 heteroatoms. The fourth-order valence-electron chi connectivity index (χ4n) is 6.69. The van der Waals surface area contributed by atoms with Crippen molar-refractivity contribution in [1.29, 1.82) is 0 Å². The molecule has 10 N–H and O–H groups in total. The van der Waals surface area contributed by atoms with Gasteiger partial charge in [0.15, 0.2) is 17.5 Å². The average Bonchev–Trinajstić information content (AvgIpc) is 3.88. The van der Waals surface area contributed by atoms with Gasteiger partial charge in [0, 0.05) is 63.1 Å². The Labute approximate surface area is 292 Å². The molecule has 3 amide bonds. The zero-order valence-electron chi connectivity index (χ0n) is 29.4. The summed E-state index contributed by atoms with van der Waals surface area (Å²) in [5, 5.41) is 47.3. The molecule has 2 fully saturated rings. The molecule has 1 saturated carbocycles.